The lowest BCUT2D eigenvalue weighted by molar-refractivity contribution is 0.738. The van der Waals surface area contributed by atoms with Crippen molar-refractivity contribution in [3.05, 3.63) is 54.1 Å². The average Bonchev–Trinajstić information content (AvgIpc) is 2.39. The minimum atomic E-state index is 0.219. The molecule has 2 rings (SSSR count). The zero-order valence-corrected chi connectivity index (χ0v) is 11.7. The van der Waals surface area contributed by atoms with Crippen LogP contribution in [0.3, 0.4) is 0 Å². The smallest absolute Gasteiger partial charge is 0.00695 e. The van der Waals surface area contributed by atoms with Gasteiger partial charge in [-0.25, -0.2) is 0 Å². The van der Waals surface area contributed by atoms with E-state index in [-0.39, 0.29) is 6.04 Å². The second-order valence-corrected chi connectivity index (χ2v) is 5.49. The van der Waals surface area contributed by atoms with Crippen LogP contribution in [0.15, 0.2) is 53.4 Å². The first kappa shape index (κ1) is 13.2. The molecule has 2 aromatic carbocycles. The standard InChI is InChI=1S/C16H19NS/c1-12(17)11-13-3-5-14(6-4-13)15-7-9-16(18-2)10-8-15/h3-10,12H,11,17H2,1-2H3. The van der Waals surface area contributed by atoms with Gasteiger partial charge in [0.25, 0.3) is 0 Å². The van der Waals surface area contributed by atoms with E-state index >= 15 is 0 Å². The van der Waals surface area contributed by atoms with Gasteiger partial charge in [-0.3, -0.25) is 0 Å². The van der Waals surface area contributed by atoms with Gasteiger partial charge in [0.1, 0.15) is 0 Å². The fourth-order valence-electron chi connectivity index (χ4n) is 1.99. The number of hydrogen-bond acceptors (Lipinski definition) is 2. The van der Waals surface area contributed by atoms with E-state index in [9.17, 15) is 0 Å². The molecule has 2 N–H and O–H groups in total. The summed E-state index contributed by atoms with van der Waals surface area (Å²) in [6.07, 6.45) is 3.03. The topological polar surface area (TPSA) is 26.0 Å². The first-order valence-corrected chi connectivity index (χ1v) is 7.40. The van der Waals surface area contributed by atoms with Gasteiger partial charge in [-0.2, -0.15) is 0 Å². The minimum Gasteiger partial charge on any atom is -0.328 e. The summed E-state index contributed by atoms with van der Waals surface area (Å²) >= 11 is 1.77. The largest absolute Gasteiger partial charge is 0.328 e. The van der Waals surface area contributed by atoms with Crippen LogP contribution in [0.2, 0.25) is 0 Å². The monoisotopic (exact) mass is 257 g/mol. The van der Waals surface area contributed by atoms with Crippen molar-refractivity contribution in [1.82, 2.24) is 0 Å². The van der Waals surface area contributed by atoms with E-state index in [2.05, 4.69) is 54.8 Å². The zero-order valence-electron chi connectivity index (χ0n) is 10.9. The van der Waals surface area contributed by atoms with E-state index in [0.29, 0.717) is 0 Å². The number of rotatable bonds is 4. The van der Waals surface area contributed by atoms with Gasteiger partial charge >= 0.3 is 0 Å². The van der Waals surface area contributed by atoms with Crippen LogP contribution >= 0.6 is 11.8 Å². The highest BCUT2D eigenvalue weighted by molar-refractivity contribution is 7.98. The Morgan fingerprint density at radius 2 is 1.44 bits per heavy atom. The van der Waals surface area contributed by atoms with Gasteiger partial charge in [0, 0.05) is 10.9 Å². The molecule has 0 fully saturated rings. The minimum absolute atomic E-state index is 0.219. The van der Waals surface area contributed by atoms with Crippen LogP contribution in [0, 0.1) is 0 Å². The van der Waals surface area contributed by atoms with Crippen LogP contribution < -0.4 is 5.73 Å². The Labute approximate surface area is 113 Å². The van der Waals surface area contributed by atoms with Crippen LogP contribution in [0.25, 0.3) is 11.1 Å². The summed E-state index contributed by atoms with van der Waals surface area (Å²) in [6, 6.07) is 17.6. The van der Waals surface area contributed by atoms with Gasteiger partial charge in [0.05, 0.1) is 0 Å². The van der Waals surface area contributed by atoms with Crippen molar-refractivity contribution >= 4 is 11.8 Å². The Hall–Kier alpha value is -1.25. The van der Waals surface area contributed by atoms with Crippen molar-refractivity contribution < 1.29 is 0 Å². The Kier molecular flexibility index (Phi) is 4.45. The summed E-state index contributed by atoms with van der Waals surface area (Å²) in [5, 5.41) is 0. The van der Waals surface area contributed by atoms with Gasteiger partial charge in [-0.05, 0) is 48.4 Å². The van der Waals surface area contributed by atoms with E-state index < -0.39 is 0 Å². The lowest BCUT2D eigenvalue weighted by atomic mass is 10.0. The summed E-state index contributed by atoms with van der Waals surface area (Å²) in [5.74, 6) is 0. The van der Waals surface area contributed by atoms with Crippen molar-refractivity contribution in [2.45, 2.75) is 24.3 Å². The highest BCUT2D eigenvalue weighted by Crippen LogP contribution is 2.23. The van der Waals surface area contributed by atoms with Gasteiger partial charge in [0.2, 0.25) is 0 Å². The van der Waals surface area contributed by atoms with Crippen molar-refractivity contribution in [2.75, 3.05) is 6.26 Å². The molecule has 0 saturated heterocycles. The predicted octanol–water partition coefficient (Wildman–Crippen LogP) is 3.97. The summed E-state index contributed by atoms with van der Waals surface area (Å²) in [7, 11) is 0. The molecule has 1 unspecified atom stereocenters. The summed E-state index contributed by atoms with van der Waals surface area (Å²) in [6.45, 7) is 2.04. The molecule has 0 heterocycles. The van der Waals surface area contributed by atoms with E-state index in [1.807, 2.05) is 6.92 Å². The first-order valence-electron chi connectivity index (χ1n) is 6.18. The van der Waals surface area contributed by atoms with Crippen molar-refractivity contribution in [2.24, 2.45) is 5.73 Å². The molecule has 94 valence electrons. The molecule has 2 heteroatoms. The van der Waals surface area contributed by atoms with E-state index in [1.165, 1.54) is 21.6 Å². The molecular formula is C16H19NS. The molecule has 0 aliphatic heterocycles. The fraction of sp³-hybridized carbons (Fsp3) is 0.250. The molecule has 0 aliphatic rings. The highest BCUT2D eigenvalue weighted by Gasteiger charge is 2.00. The molecule has 0 bridgehead atoms. The number of thioether (sulfide) groups is 1. The molecule has 1 atom stereocenters. The van der Waals surface area contributed by atoms with Gasteiger partial charge in [0.15, 0.2) is 0 Å². The van der Waals surface area contributed by atoms with Gasteiger partial charge < -0.3 is 5.73 Å². The predicted molar refractivity (Wildman–Crippen MR) is 81.0 cm³/mol. The Morgan fingerprint density at radius 1 is 0.944 bits per heavy atom. The number of nitrogens with two attached hydrogens (primary N) is 1. The molecular weight excluding hydrogens is 238 g/mol. The maximum Gasteiger partial charge on any atom is 0.00695 e. The number of hydrogen-bond donors (Lipinski definition) is 1. The molecule has 0 aromatic heterocycles. The summed E-state index contributed by atoms with van der Waals surface area (Å²) in [5.41, 5.74) is 9.63. The Morgan fingerprint density at radius 3 is 1.89 bits per heavy atom. The summed E-state index contributed by atoms with van der Waals surface area (Å²) in [4.78, 5) is 1.30. The third-order valence-electron chi connectivity index (χ3n) is 2.93. The van der Waals surface area contributed by atoms with Crippen molar-refractivity contribution in [3.8, 4) is 11.1 Å². The van der Waals surface area contributed by atoms with Crippen LogP contribution in [-0.2, 0) is 6.42 Å². The normalized spacial score (nSPS) is 12.4. The van der Waals surface area contributed by atoms with Crippen LogP contribution in [0.4, 0.5) is 0 Å². The van der Waals surface area contributed by atoms with Crippen LogP contribution in [0.5, 0.6) is 0 Å². The van der Waals surface area contributed by atoms with Crippen LogP contribution in [-0.4, -0.2) is 12.3 Å². The summed E-state index contributed by atoms with van der Waals surface area (Å²) < 4.78 is 0. The zero-order chi connectivity index (χ0) is 13.0. The van der Waals surface area contributed by atoms with E-state index in [0.717, 1.165) is 6.42 Å². The van der Waals surface area contributed by atoms with Gasteiger partial charge in [-0.15, -0.1) is 11.8 Å². The van der Waals surface area contributed by atoms with Crippen LogP contribution in [0.1, 0.15) is 12.5 Å². The van der Waals surface area contributed by atoms with E-state index in [1.54, 1.807) is 11.8 Å². The molecule has 0 spiro atoms. The van der Waals surface area contributed by atoms with Crippen molar-refractivity contribution in [3.63, 3.8) is 0 Å². The molecule has 0 amide bonds. The second-order valence-electron chi connectivity index (χ2n) is 4.61. The number of benzene rings is 2. The SMILES string of the molecule is CSc1ccc(-c2ccc(CC(C)N)cc2)cc1. The Balaban J connectivity index is 2.17. The van der Waals surface area contributed by atoms with Crippen molar-refractivity contribution in [1.29, 1.82) is 0 Å². The molecule has 18 heavy (non-hydrogen) atoms. The fourth-order valence-corrected chi connectivity index (χ4v) is 2.40. The lowest BCUT2D eigenvalue weighted by Crippen LogP contribution is -2.17. The maximum absolute atomic E-state index is 5.80. The molecule has 2 aromatic rings. The third kappa shape index (κ3) is 3.37. The molecule has 0 aliphatic carbocycles. The maximum atomic E-state index is 5.80. The van der Waals surface area contributed by atoms with E-state index in [4.69, 9.17) is 5.73 Å². The first-order chi connectivity index (χ1) is 8.69. The third-order valence-corrected chi connectivity index (χ3v) is 3.68. The molecule has 0 radical (unpaired) electrons. The average molecular weight is 257 g/mol. The molecule has 1 nitrogen and oxygen atoms in total. The highest BCUT2D eigenvalue weighted by atomic mass is 32.2. The van der Waals surface area contributed by atoms with Gasteiger partial charge in [-0.1, -0.05) is 36.4 Å². The quantitative estimate of drug-likeness (QED) is 0.839. The molecule has 0 saturated carbocycles. The second kappa shape index (κ2) is 6.07. The lowest BCUT2D eigenvalue weighted by Gasteiger charge is -2.07. The Bertz CT molecular complexity index is 486.